The molecular weight excluding hydrogens is 357 g/mol. The standard InChI is InChI=1S/C16H16BrCl2N/c1-2-20-15(10-11-6-8-12(18)9-7-11)13-4-3-5-14(17)16(13)19/h3-9,15,20H,2,10H2,1H3. The molecule has 1 unspecified atom stereocenters. The second-order valence-corrected chi connectivity index (χ2v) is 6.25. The van der Waals surface area contributed by atoms with Crippen molar-refractivity contribution < 1.29 is 0 Å². The summed E-state index contributed by atoms with van der Waals surface area (Å²) in [6.45, 7) is 2.99. The second kappa shape index (κ2) is 7.46. The van der Waals surface area contributed by atoms with Crippen LogP contribution < -0.4 is 5.32 Å². The van der Waals surface area contributed by atoms with Crippen LogP contribution in [0.15, 0.2) is 46.9 Å². The van der Waals surface area contributed by atoms with Gasteiger partial charge in [0.1, 0.15) is 0 Å². The number of hydrogen-bond donors (Lipinski definition) is 1. The van der Waals surface area contributed by atoms with Crippen LogP contribution in [0.1, 0.15) is 24.1 Å². The van der Waals surface area contributed by atoms with E-state index in [1.54, 1.807) is 0 Å². The lowest BCUT2D eigenvalue weighted by molar-refractivity contribution is 0.550. The molecule has 0 aromatic heterocycles. The smallest absolute Gasteiger partial charge is 0.0595 e. The Morgan fingerprint density at radius 3 is 2.45 bits per heavy atom. The Hall–Kier alpha value is -0.540. The number of benzene rings is 2. The molecule has 0 saturated heterocycles. The summed E-state index contributed by atoms with van der Waals surface area (Å²) in [5.41, 5.74) is 2.34. The van der Waals surface area contributed by atoms with Gasteiger partial charge < -0.3 is 5.32 Å². The molecule has 1 atom stereocenters. The average molecular weight is 373 g/mol. The molecular formula is C16H16BrCl2N. The molecule has 2 aromatic rings. The van der Waals surface area contributed by atoms with E-state index in [1.807, 2.05) is 24.3 Å². The molecule has 0 saturated carbocycles. The minimum atomic E-state index is 0.186. The number of hydrogen-bond acceptors (Lipinski definition) is 1. The van der Waals surface area contributed by atoms with Crippen LogP contribution >= 0.6 is 39.1 Å². The minimum absolute atomic E-state index is 0.186. The first kappa shape index (κ1) is 15.8. The van der Waals surface area contributed by atoms with Crippen molar-refractivity contribution in [3.63, 3.8) is 0 Å². The largest absolute Gasteiger partial charge is 0.310 e. The maximum absolute atomic E-state index is 6.41. The van der Waals surface area contributed by atoms with Crippen LogP contribution in [0.4, 0.5) is 0 Å². The Bertz CT molecular complexity index is 569. The summed E-state index contributed by atoms with van der Waals surface area (Å²) >= 11 is 15.8. The van der Waals surface area contributed by atoms with Gasteiger partial charge >= 0.3 is 0 Å². The zero-order valence-corrected chi connectivity index (χ0v) is 14.3. The third kappa shape index (κ3) is 3.98. The normalized spacial score (nSPS) is 12.4. The predicted octanol–water partition coefficient (Wildman–Crippen LogP) is 5.65. The van der Waals surface area contributed by atoms with Gasteiger partial charge in [-0.2, -0.15) is 0 Å². The number of rotatable bonds is 5. The van der Waals surface area contributed by atoms with Gasteiger partial charge in [-0.25, -0.2) is 0 Å². The molecule has 1 nitrogen and oxygen atoms in total. The first-order valence-electron chi connectivity index (χ1n) is 6.53. The van der Waals surface area contributed by atoms with Gasteiger partial charge in [-0.15, -0.1) is 0 Å². The van der Waals surface area contributed by atoms with E-state index in [9.17, 15) is 0 Å². The zero-order valence-electron chi connectivity index (χ0n) is 11.2. The number of nitrogens with one attached hydrogen (secondary N) is 1. The van der Waals surface area contributed by atoms with Crippen LogP contribution in [-0.4, -0.2) is 6.54 Å². The molecule has 0 radical (unpaired) electrons. The van der Waals surface area contributed by atoms with Crippen LogP contribution in [0.5, 0.6) is 0 Å². The second-order valence-electron chi connectivity index (χ2n) is 4.58. The zero-order chi connectivity index (χ0) is 14.5. The van der Waals surface area contributed by atoms with Gasteiger partial charge in [-0.3, -0.25) is 0 Å². The van der Waals surface area contributed by atoms with Crippen LogP contribution in [0.3, 0.4) is 0 Å². The van der Waals surface area contributed by atoms with Gasteiger partial charge in [0.25, 0.3) is 0 Å². The quantitative estimate of drug-likeness (QED) is 0.714. The molecule has 106 valence electrons. The molecule has 0 amide bonds. The van der Waals surface area contributed by atoms with E-state index in [4.69, 9.17) is 23.2 Å². The van der Waals surface area contributed by atoms with Crippen LogP contribution in [0.25, 0.3) is 0 Å². The van der Waals surface area contributed by atoms with E-state index in [2.05, 4.69) is 46.4 Å². The molecule has 1 N–H and O–H groups in total. The van der Waals surface area contributed by atoms with Crippen molar-refractivity contribution in [1.29, 1.82) is 0 Å². The monoisotopic (exact) mass is 371 g/mol. The van der Waals surface area contributed by atoms with Crippen molar-refractivity contribution >= 4 is 39.1 Å². The molecule has 0 heterocycles. The van der Waals surface area contributed by atoms with Gasteiger partial charge in [0.05, 0.1) is 5.02 Å². The van der Waals surface area contributed by atoms with E-state index in [1.165, 1.54) is 5.56 Å². The lowest BCUT2D eigenvalue weighted by atomic mass is 9.99. The Morgan fingerprint density at radius 1 is 1.10 bits per heavy atom. The highest BCUT2D eigenvalue weighted by Gasteiger charge is 2.15. The fraction of sp³-hybridized carbons (Fsp3) is 0.250. The van der Waals surface area contributed by atoms with Gasteiger partial charge in [0.15, 0.2) is 0 Å². The highest BCUT2D eigenvalue weighted by atomic mass is 79.9. The maximum Gasteiger partial charge on any atom is 0.0595 e. The topological polar surface area (TPSA) is 12.0 Å². The van der Waals surface area contributed by atoms with Crippen molar-refractivity contribution in [3.8, 4) is 0 Å². The third-order valence-electron chi connectivity index (χ3n) is 3.16. The van der Waals surface area contributed by atoms with E-state index in [-0.39, 0.29) is 6.04 Å². The summed E-state index contributed by atoms with van der Waals surface area (Å²) in [6, 6.07) is 14.2. The summed E-state index contributed by atoms with van der Waals surface area (Å²) in [5.74, 6) is 0. The third-order valence-corrected chi connectivity index (χ3v) is 4.72. The van der Waals surface area contributed by atoms with Crippen molar-refractivity contribution in [1.82, 2.24) is 5.32 Å². The number of likely N-dealkylation sites (N-methyl/N-ethyl adjacent to an activating group) is 1. The maximum atomic E-state index is 6.41. The van der Waals surface area contributed by atoms with Crippen LogP contribution in [0.2, 0.25) is 10.0 Å². The number of halogens is 3. The lowest BCUT2D eigenvalue weighted by Gasteiger charge is -2.20. The first-order chi connectivity index (χ1) is 9.61. The molecule has 0 aliphatic heterocycles. The highest BCUT2D eigenvalue weighted by Crippen LogP contribution is 2.31. The average Bonchev–Trinajstić information content (AvgIpc) is 2.44. The molecule has 0 aliphatic carbocycles. The van der Waals surface area contributed by atoms with Gasteiger partial charge in [0, 0.05) is 15.5 Å². The Balaban J connectivity index is 2.26. The van der Waals surface area contributed by atoms with E-state index in [0.29, 0.717) is 0 Å². The lowest BCUT2D eigenvalue weighted by Crippen LogP contribution is -2.23. The molecule has 0 fully saturated rings. The van der Waals surface area contributed by atoms with Crippen LogP contribution in [0, 0.1) is 0 Å². The van der Waals surface area contributed by atoms with E-state index < -0.39 is 0 Å². The Morgan fingerprint density at radius 2 is 1.80 bits per heavy atom. The summed E-state index contributed by atoms with van der Waals surface area (Å²) in [5, 5.41) is 5.02. The van der Waals surface area contributed by atoms with Crippen molar-refractivity contribution in [3.05, 3.63) is 68.1 Å². The first-order valence-corrected chi connectivity index (χ1v) is 8.08. The highest BCUT2D eigenvalue weighted by molar-refractivity contribution is 9.10. The fourth-order valence-corrected chi connectivity index (χ4v) is 2.95. The van der Waals surface area contributed by atoms with Crippen LogP contribution in [-0.2, 0) is 6.42 Å². The van der Waals surface area contributed by atoms with Crippen molar-refractivity contribution in [2.75, 3.05) is 6.54 Å². The summed E-state index contributed by atoms with van der Waals surface area (Å²) < 4.78 is 0.927. The van der Waals surface area contributed by atoms with Crippen molar-refractivity contribution in [2.45, 2.75) is 19.4 Å². The van der Waals surface area contributed by atoms with Crippen molar-refractivity contribution in [2.24, 2.45) is 0 Å². The fourth-order valence-electron chi connectivity index (χ4n) is 2.18. The molecule has 0 aliphatic rings. The summed E-state index contributed by atoms with van der Waals surface area (Å²) in [4.78, 5) is 0. The van der Waals surface area contributed by atoms with Gasteiger partial charge in [-0.1, -0.05) is 54.4 Å². The molecule has 0 bridgehead atoms. The molecule has 0 spiro atoms. The SMILES string of the molecule is CCNC(Cc1ccc(Cl)cc1)c1cccc(Br)c1Cl. The summed E-state index contributed by atoms with van der Waals surface area (Å²) in [7, 11) is 0. The predicted molar refractivity (Wildman–Crippen MR) is 90.7 cm³/mol. The Kier molecular flexibility index (Phi) is 5.91. The molecule has 20 heavy (non-hydrogen) atoms. The van der Waals surface area contributed by atoms with E-state index >= 15 is 0 Å². The Labute approximate surface area is 138 Å². The summed E-state index contributed by atoms with van der Waals surface area (Å²) in [6.07, 6.45) is 0.876. The van der Waals surface area contributed by atoms with E-state index in [0.717, 1.165) is 33.0 Å². The molecule has 2 aromatic carbocycles. The molecule has 2 rings (SSSR count). The molecule has 4 heteroatoms. The van der Waals surface area contributed by atoms with Gasteiger partial charge in [-0.05, 0) is 58.2 Å². The van der Waals surface area contributed by atoms with Gasteiger partial charge in [0.2, 0.25) is 0 Å². The minimum Gasteiger partial charge on any atom is -0.310 e.